The second-order valence-electron chi connectivity index (χ2n) is 12.1. The molecule has 2 radical (unpaired) electrons. The third-order valence-electron chi connectivity index (χ3n) is 8.40. The van der Waals surface area contributed by atoms with Crippen LogP contribution >= 0.6 is 17.0 Å². The van der Waals surface area contributed by atoms with Crippen molar-refractivity contribution in [1.29, 1.82) is 0 Å². The van der Waals surface area contributed by atoms with E-state index in [2.05, 4.69) is 72.8 Å². The van der Waals surface area contributed by atoms with Crippen LogP contribution in [-0.2, 0) is 46.5 Å². The average molecular weight is 883 g/mol. The molecule has 0 unspecified atom stereocenters. The van der Waals surface area contributed by atoms with E-state index >= 15 is 0 Å². The average Bonchev–Trinajstić information content (AvgIpc) is 3.75. The fourth-order valence-electron chi connectivity index (χ4n) is 6.12. The molecule has 54 heavy (non-hydrogen) atoms. The summed E-state index contributed by atoms with van der Waals surface area (Å²) in [5.74, 6) is -0.348. The predicted octanol–water partition coefficient (Wildman–Crippen LogP) is 14.7. The number of aryl methyl sites for hydroxylation is 4. The molecular formula is C42H42Cl2F6O2SiZr. The van der Waals surface area contributed by atoms with E-state index in [0.717, 1.165) is 77.3 Å². The van der Waals surface area contributed by atoms with Gasteiger partial charge in [0.05, 0.1) is 0 Å². The molecule has 0 aliphatic carbocycles. The van der Waals surface area contributed by atoms with Crippen molar-refractivity contribution in [2.24, 2.45) is 0 Å². The van der Waals surface area contributed by atoms with E-state index in [-0.39, 0.29) is 11.5 Å². The van der Waals surface area contributed by atoms with Gasteiger partial charge < -0.3 is 9.47 Å². The summed E-state index contributed by atoms with van der Waals surface area (Å²) in [4.78, 5) is 0. The Morgan fingerprint density at radius 3 is 1.20 bits per heavy atom. The van der Waals surface area contributed by atoms with Crippen LogP contribution in [0.4, 0.5) is 26.3 Å². The Bertz CT molecular complexity index is 1920. The van der Waals surface area contributed by atoms with Gasteiger partial charge in [0.15, 0.2) is 0 Å². The van der Waals surface area contributed by atoms with E-state index in [0.29, 0.717) is 12.8 Å². The predicted molar refractivity (Wildman–Crippen MR) is 210 cm³/mol. The normalized spacial score (nSPS) is 11.1. The van der Waals surface area contributed by atoms with E-state index in [1.54, 1.807) is 12.1 Å². The molecule has 2 nitrogen and oxygen atoms in total. The number of ether oxygens (including phenoxy) is 2. The summed E-state index contributed by atoms with van der Waals surface area (Å²) >= 11 is -0.826. The molecule has 0 bridgehead atoms. The van der Waals surface area contributed by atoms with Crippen LogP contribution in [0.5, 0.6) is 11.5 Å². The fraction of sp³-hybridized carbons (Fsp3) is 0.286. The molecule has 0 spiro atoms. The first-order valence-corrected chi connectivity index (χ1v) is 25.7. The van der Waals surface area contributed by atoms with E-state index in [9.17, 15) is 26.3 Å². The number of fused-ring (bicyclic) bond motifs is 2. The number of benzene rings is 4. The first-order chi connectivity index (χ1) is 25.6. The zero-order valence-electron chi connectivity index (χ0n) is 30.9. The SMILES string of the molecule is CCc1cc2c(-c3ccc(OC(F)(F)F)cc3CC)cccc2[cH-]1.CCc1cc2c(-c3ccc(OC(F)(F)F)cc3CC)cccc2[cH-]1.C[Si]C.[Cl][Zr+2][Cl]. The topological polar surface area (TPSA) is 18.5 Å². The molecule has 0 saturated carbocycles. The van der Waals surface area contributed by atoms with Gasteiger partial charge in [0.1, 0.15) is 11.5 Å². The van der Waals surface area contributed by atoms with Gasteiger partial charge in [0, 0.05) is 9.52 Å². The third-order valence-corrected chi connectivity index (χ3v) is 8.40. The van der Waals surface area contributed by atoms with Gasteiger partial charge in [0.25, 0.3) is 0 Å². The van der Waals surface area contributed by atoms with Gasteiger partial charge in [-0.3, -0.25) is 0 Å². The minimum atomic E-state index is -4.67. The molecule has 0 N–H and O–H groups in total. The number of hydrogen-bond acceptors (Lipinski definition) is 2. The number of halogens is 8. The Kier molecular flexibility index (Phi) is 17.9. The van der Waals surface area contributed by atoms with Gasteiger partial charge in [-0.1, -0.05) is 76.2 Å². The fourth-order valence-corrected chi connectivity index (χ4v) is 6.12. The number of hydrogen-bond donors (Lipinski definition) is 0. The quantitative estimate of drug-likeness (QED) is 0.0861. The zero-order chi connectivity index (χ0) is 40.1. The van der Waals surface area contributed by atoms with E-state index in [4.69, 9.17) is 17.0 Å². The monoisotopic (exact) mass is 880 g/mol. The van der Waals surface area contributed by atoms with Gasteiger partial charge in [-0.2, -0.15) is 12.1 Å². The molecule has 286 valence electrons. The second kappa shape index (κ2) is 21.3. The van der Waals surface area contributed by atoms with Crippen LogP contribution in [0.25, 0.3) is 43.8 Å². The Morgan fingerprint density at radius 2 is 0.907 bits per heavy atom. The number of rotatable bonds is 8. The summed E-state index contributed by atoms with van der Waals surface area (Å²) in [5, 5.41) is 4.58. The molecule has 0 saturated heterocycles. The van der Waals surface area contributed by atoms with Crippen LogP contribution < -0.4 is 9.47 Å². The molecule has 0 aromatic heterocycles. The first-order valence-electron chi connectivity index (χ1n) is 17.3. The van der Waals surface area contributed by atoms with Crippen LogP contribution in [0.15, 0.2) is 97.1 Å². The van der Waals surface area contributed by atoms with Gasteiger partial charge in [0.2, 0.25) is 0 Å². The van der Waals surface area contributed by atoms with Crippen molar-refractivity contribution >= 4 is 48.1 Å². The molecule has 12 heteroatoms. The van der Waals surface area contributed by atoms with E-state index in [1.807, 2.05) is 38.1 Å². The minimum absolute atomic E-state index is 0.174. The van der Waals surface area contributed by atoms with Crippen molar-refractivity contribution in [3.05, 3.63) is 119 Å². The molecule has 0 aliphatic heterocycles. The molecule has 6 aromatic rings. The Balaban J connectivity index is 0.000000254. The third kappa shape index (κ3) is 13.0. The standard InChI is InChI=1S/2C20H18F3O.C2H6Si.2ClH.Zr/c2*1-3-13-10-15-6-5-7-18(19(15)11-13)17-9-8-16(12-14(17)4-2)24-20(21,22)23;1-3-2;;;/h2*5-12H,3-4H2,1-2H3;1-2H3;2*1H;/q2*-1;;;;+4/p-2. The summed E-state index contributed by atoms with van der Waals surface area (Å²) in [6.45, 7) is 12.4. The van der Waals surface area contributed by atoms with E-state index in [1.165, 1.54) is 35.4 Å². The molecular weight excluding hydrogens is 841 g/mol. The van der Waals surface area contributed by atoms with Crippen LogP contribution in [0.1, 0.15) is 49.9 Å². The van der Waals surface area contributed by atoms with Crippen molar-refractivity contribution in [2.75, 3.05) is 0 Å². The van der Waals surface area contributed by atoms with E-state index < -0.39 is 33.6 Å². The molecule has 0 fully saturated rings. The summed E-state index contributed by atoms with van der Waals surface area (Å²) in [5.41, 5.74) is 8.18. The number of alkyl halides is 6. The Morgan fingerprint density at radius 1 is 0.556 bits per heavy atom. The molecule has 6 rings (SSSR count). The van der Waals surface area contributed by atoms with Crippen LogP contribution in [0.3, 0.4) is 0 Å². The maximum atomic E-state index is 12.4. The van der Waals surface area contributed by atoms with Crippen molar-refractivity contribution in [1.82, 2.24) is 0 Å². The van der Waals surface area contributed by atoms with Gasteiger partial charge in [-0.05, 0) is 72.2 Å². The van der Waals surface area contributed by atoms with Crippen molar-refractivity contribution in [2.45, 2.75) is 79.2 Å². The van der Waals surface area contributed by atoms with Crippen molar-refractivity contribution in [3.63, 3.8) is 0 Å². The van der Waals surface area contributed by atoms with Gasteiger partial charge in [-0.15, -0.1) is 95.4 Å². The molecule has 0 atom stereocenters. The van der Waals surface area contributed by atoms with Crippen LogP contribution in [0, 0.1) is 0 Å². The van der Waals surface area contributed by atoms with Crippen LogP contribution in [-0.4, -0.2) is 22.2 Å². The second-order valence-corrected chi connectivity index (χ2v) is 16.8. The zero-order valence-corrected chi connectivity index (χ0v) is 35.9. The van der Waals surface area contributed by atoms with Gasteiger partial charge in [-0.25, -0.2) is 0 Å². The molecule has 6 aromatic carbocycles. The van der Waals surface area contributed by atoms with Crippen LogP contribution in [0.2, 0.25) is 13.1 Å². The molecule has 0 aliphatic rings. The summed E-state index contributed by atoms with van der Waals surface area (Å²) < 4.78 is 82.7. The van der Waals surface area contributed by atoms with Crippen molar-refractivity contribution in [3.8, 4) is 33.8 Å². The molecule has 0 amide bonds. The first kappa shape index (κ1) is 45.4. The Hall–Kier alpha value is -3.04. The Labute approximate surface area is 335 Å². The molecule has 0 heterocycles. The summed E-state index contributed by atoms with van der Waals surface area (Å²) in [7, 11) is 11.0. The summed E-state index contributed by atoms with van der Waals surface area (Å²) in [6.07, 6.45) is -6.19. The van der Waals surface area contributed by atoms with Gasteiger partial charge >= 0.3 is 50.6 Å². The summed E-state index contributed by atoms with van der Waals surface area (Å²) in [6, 6.07) is 29.9. The van der Waals surface area contributed by atoms with Crippen molar-refractivity contribution < 1.29 is 56.7 Å². The maximum absolute atomic E-state index is 12.4.